The summed E-state index contributed by atoms with van der Waals surface area (Å²) >= 11 is 0. The number of aryl methyl sites for hydroxylation is 1. The number of hydrogen-bond acceptors (Lipinski definition) is 3. The SMILES string of the molecule is Cc1nn(-c2ccc(F)cc2)c(C)c1/C=C/C(=O)Nc1cccc(C(N)=O)c1. The van der Waals surface area contributed by atoms with Crippen LogP contribution in [0.2, 0.25) is 0 Å². The minimum atomic E-state index is -0.564. The van der Waals surface area contributed by atoms with E-state index in [0.29, 0.717) is 11.3 Å². The van der Waals surface area contributed by atoms with E-state index < -0.39 is 5.91 Å². The summed E-state index contributed by atoms with van der Waals surface area (Å²) in [6.45, 7) is 3.71. The van der Waals surface area contributed by atoms with Gasteiger partial charge in [0.2, 0.25) is 11.8 Å². The van der Waals surface area contributed by atoms with Crippen molar-refractivity contribution in [1.29, 1.82) is 0 Å². The highest BCUT2D eigenvalue weighted by Crippen LogP contribution is 2.20. The topological polar surface area (TPSA) is 90.0 Å². The molecule has 0 radical (unpaired) electrons. The number of halogens is 1. The molecule has 0 aliphatic rings. The van der Waals surface area contributed by atoms with Gasteiger partial charge in [0.25, 0.3) is 0 Å². The van der Waals surface area contributed by atoms with Gasteiger partial charge in [-0.15, -0.1) is 0 Å². The first kappa shape index (κ1) is 19.0. The number of primary amides is 1. The Bertz CT molecular complexity index is 1070. The van der Waals surface area contributed by atoms with Crippen molar-refractivity contribution < 1.29 is 14.0 Å². The number of hydrogen-bond donors (Lipinski definition) is 2. The van der Waals surface area contributed by atoms with Gasteiger partial charge in [-0.3, -0.25) is 9.59 Å². The molecular formula is C21H19FN4O2. The molecule has 0 atom stereocenters. The largest absolute Gasteiger partial charge is 0.366 e. The molecule has 6 nitrogen and oxygen atoms in total. The third kappa shape index (κ3) is 4.15. The van der Waals surface area contributed by atoms with Gasteiger partial charge < -0.3 is 11.1 Å². The van der Waals surface area contributed by atoms with E-state index in [1.54, 1.807) is 41.1 Å². The summed E-state index contributed by atoms with van der Waals surface area (Å²) in [6, 6.07) is 12.4. The standard InChI is InChI=1S/C21H19FN4O2/c1-13-19(14(2)26(25-13)18-8-6-16(22)7-9-18)10-11-20(27)24-17-5-3-4-15(12-17)21(23)28/h3-12H,1-2H3,(H2,23,28)(H,24,27)/b11-10+. The molecule has 0 saturated heterocycles. The summed E-state index contributed by atoms with van der Waals surface area (Å²) in [4.78, 5) is 23.4. The summed E-state index contributed by atoms with van der Waals surface area (Å²) in [7, 11) is 0. The summed E-state index contributed by atoms with van der Waals surface area (Å²) < 4.78 is 14.8. The van der Waals surface area contributed by atoms with Crippen molar-refractivity contribution in [3.8, 4) is 5.69 Å². The first-order valence-corrected chi connectivity index (χ1v) is 8.56. The zero-order valence-corrected chi connectivity index (χ0v) is 15.4. The molecule has 0 unspecified atom stereocenters. The van der Waals surface area contributed by atoms with E-state index in [0.717, 1.165) is 22.6 Å². The van der Waals surface area contributed by atoms with Gasteiger partial charge in [0, 0.05) is 28.6 Å². The summed E-state index contributed by atoms with van der Waals surface area (Å²) in [5.41, 5.74) is 9.12. The molecule has 0 bridgehead atoms. The first-order chi connectivity index (χ1) is 13.3. The number of carbonyl (C=O) groups excluding carboxylic acids is 2. The van der Waals surface area contributed by atoms with E-state index in [9.17, 15) is 14.0 Å². The third-order valence-corrected chi connectivity index (χ3v) is 4.23. The molecule has 7 heteroatoms. The number of benzene rings is 2. The third-order valence-electron chi connectivity index (χ3n) is 4.23. The van der Waals surface area contributed by atoms with E-state index in [2.05, 4.69) is 10.4 Å². The van der Waals surface area contributed by atoms with E-state index >= 15 is 0 Å². The molecule has 0 spiro atoms. The van der Waals surface area contributed by atoms with Crippen LogP contribution < -0.4 is 11.1 Å². The fourth-order valence-corrected chi connectivity index (χ4v) is 2.82. The summed E-state index contributed by atoms with van der Waals surface area (Å²) in [6.07, 6.45) is 3.06. The first-order valence-electron chi connectivity index (χ1n) is 8.56. The van der Waals surface area contributed by atoms with Crippen molar-refractivity contribution in [2.45, 2.75) is 13.8 Å². The number of nitrogens with zero attached hydrogens (tertiary/aromatic N) is 2. The lowest BCUT2D eigenvalue weighted by molar-refractivity contribution is -0.111. The minimum Gasteiger partial charge on any atom is -0.366 e. The maximum absolute atomic E-state index is 13.1. The Hall–Kier alpha value is -3.74. The molecule has 2 amide bonds. The fourth-order valence-electron chi connectivity index (χ4n) is 2.82. The molecule has 0 saturated carbocycles. The molecule has 2 aromatic carbocycles. The smallest absolute Gasteiger partial charge is 0.248 e. The minimum absolute atomic E-state index is 0.314. The van der Waals surface area contributed by atoms with E-state index in [4.69, 9.17) is 5.73 Å². The number of anilines is 1. The Morgan fingerprint density at radius 1 is 1.14 bits per heavy atom. The quantitative estimate of drug-likeness (QED) is 0.667. The van der Waals surface area contributed by atoms with Crippen molar-refractivity contribution in [3.63, 3.8) is 0 Å². The predicted octanol–water partition coefficient (Wildman–Crippen LogP) is 3.38. The fraction of sp³-hybridized carbons (Fsp3) is 0.0952. The molecule has 3 rings (SSSR count). The maximum Gasteiger partial charge on any atom is 0.248 e. The zero-order valence-electron chi connectivity index (χ0n) is 15.4. The van der Waals surface area contributed by atoms with Crippen molar-refractivity contribution in [1.82, 2.24) is 9.78 Å². The van der Waals surface area contributed by atoms with Crippen molar-refractivity contribution in [2.75, 3.05) is 5.32 Å². The molecule has 0 fully saturated rings. The molecule has 0 aliphatic heterocycles. The Morgan fingerprint density at radius 2 is 1.86 bits per heavy atom. The van der Waals surface area contributed by atoms with Gasteiger partial charge in [-0.05, 0) is 62.4 Å². The lowest BCUT2D eigenvalue weighted by Crippen LogP contribution is -2.12. The highest BCUT2D eigenvalue weighted by atomic mass is 19.1. The van der Waals surface area contributed by atoms with Crippen LogP contribution >= 0.6 is 0 Å². The van der Waals surface area contributed by atoms with Gasteiger partial charge in [0.05, 0.1) is 11.4 Å². The number of rotatable bonds is 5. The predicted molar refractivity (Wildman–Crippen MR) is 106 cm³/mol. The zero-order chi connectivity index (χ0) is 20.3. The molecule has 3 N–H and O–H groups in total. The van der Waals surface area contributed by atoms with Gasteiger partial charge >= 0.3 is 0 Å². The lowest BCUT2D eigenvalue weighted by Gasteiger charge is -2.04. The molecule has 1 heterocycles. The van der Waals surface area contributed by atoms with Crippen molar-refractivity contribution in [2.24, 2.45) is 5.73 Å². The van der Waals surface area contributed by atoms with E-state index in [1.807, 2.05) is 13.8 Å². The number of aromatic nitrogens is 2. The van der Waals surface area contributed by atoms with Crippen LogP contribution in [0.4, 0.5) is 10.1 Å². The van der Waals surface area contributed by atoms with Crippen LogP contribution in [0.15, 0.2) is 54.6 Å². The number of carbonyl (C=O) groups is 2. The van der Waals surface area contributed by atoms with Gasteiger partial charge in [0.15, 0.2) is 0 Å². The van der Waals surface area contributed by atoms with Gasteiger partial charge in [-0.25, -0.2) is 9.07 Å². The Morgan fingerprint density at radius 3 is 2.54 bits per heavy atom. The van der Waals surface area contributed by atoms with Crippen LogP contribution in [-0.4, -0.2) is 21.6 Å². The molecule has 142 valence electrons. The van der Waals surface area contributed by atoms with Gasteiger partial charge in [-0.1, -0.05) is 6.07 Å². The van der Waals surface area contributed by atoms with Crippen LogP contribution in [0.3, 0.4) is 0 Å². The monoisotopic (exact) mass is 378 g/mol. The molecule has 28 heavy (non-hydrogen) atoms. The normalized spacial score (nSPS) is 11.0. The highest BCUT2D eigenvalue weighted by Gasteiger charge is 2.11. The van der Waals surface area contributed by atoms with Gasteiger partial charge in [0.1, 0.15) is 5.82 Å². The highest BCUT2D eigenvalue weighted by molar-refractivity contribution is 6.03. The second-order valence-electron chi connectivity index (χ2n) is 6.24. The van der Waals surface area contributed by atoms with Crippen LogP contribution in [0.1, 0.15) is 27.3 Å². The molecular weight excluding hydrogens is 359 g/mol. The van der Waals surface area contributed by atoms with E-state index in [1.165, 1.54) is 24.3 Å². The number of nitrogens with two attached hydrogens (primary N) is 1. The van der Waals surface area contributed by atoms with Gasteiger partial charge in [-0.2, -0.15) is 5.10 Å². The maximum atomic E-state index is 13.1. The Labute approximate surface area is 161 Å². The Kier molecular flexibility index (Phi) is 5.35. The molecule has 1 aromatic heterocycles. The lowest BCUT2D eigenvalue weighted by atomic mass is 10.1. The van der Waals surface area contributed by atoms with Crippen molar-refractivity contribution in [3.05, 3.63) is 82.9 Å². The second-order valence-corrected chi connectivity index (χ2v) is 6.24. The van der Waals surface area contributed by atoms with Crippen LogP contribution in [0, 0.1) is 19.7 Å². The Balaban J connectivity index is 1.78. The summed E-state index contributed by atoms with van der Waals surface area (Å²) in [5.74, 6) is -1.23. The molecule has 0 aliphatic carbocycles. The second kappa shape index (κ2) is 7.87. The van der Waals surface area contributed by atoms with Crippen LogP contribution in [-0.2, 0) is 4.79 Å². The average Bonchev–Trinajstić information content (AvgIpc) is 2.95. The average molecular weight is 378 g/mol. The number of amides is 2. The summed E-state index contributed by atoms with van der Waals surface area (Å²) in [5, 5.41) is 7.15. The van der Waals surface area contributed by atoms with E-state index in [-0.39, 0.29) is 11.7 Å². The van der Waals surface area contributed by atoms with Crippen molar-refractivity contribution >= 4 is 23.6 Å². The van der Waals surface area contributed by atoms with Crippen LogP contribution in [0.25, 0.3) is 11.8 Å². The number of nitrogens with one attached hydrogen (secondary N) is 1. The van der Waals surface area contributed by atoms with Crippen LogP contribution in [0.5, 0.6) is 0 Å². The molecule has 3 aromatic rings.